The maximum Gasteiger partial charge on any atom is 0.278 e. The number of hydrogen-bond donors (Lipinski definition) is 1. The zero-order valence-corrected chi connectivity index (χ0v) is 10.4. The monoisotopic (exact) mass is 259 g/mol. The predicted molar refractivity (Wildman–Crippen MR) is 63.3 cm³/mol. The highest BCUT2D eigenvalue weighted by Gasteiger charge is 2.12. The summed E-state index contributed by atoms with van der Waals surface area (Å²) < 4.78 is 9.82. The van der Waals surface area contributed by atoms with E-state index in [1.54, 1.807) is 25.3 Å². The number of benzene rings is 1. The Morgan fingerprint density at radius 2 is 2.12 bits per heavy atom. The Bertz CT molecular complexity index is 384. The van der Waals surface area contributed by atoms with E-state index in [1.165, 1.54) is 7.11 Å². The predicted octanol–water partition coefficient (Wildman–Crippen LogP) is 1.66. The molecule has 1 aromatic rings. The standard InChI is InChI=1S/C11H14ClNO4/c1-15-5-6-17-13-11(14)9-4-3-8(12)7-10(9)16-2/h3-4,7H,5-6H2,1-2H3,(H,13,14). The molecule has 94 valence electrons. The molecule has 0 heterocycles. The number of carbonyl (C=O) groups is 1. The minimum absolute atomic E-state index is 0.276. The number of carbonyl (C=O) groups excluding carboxylic acids is 1. The molecule has 0 spiro atoms. The summed E-state index contributed by atoms with van der Waals surface area (Å²) in [6.45, 7) is 0.677. The molecule has 0 radical (unpaired) electrons. The maximum absolute atomic E-state index is 11.7. The number of ether oxygens (including phenoxy) is 2. The molecule has 0 atom stereocenters. The zero-order chi connectivity index (χ0) is 12.7. The van der Waals surface area contributed by atoms with Crippen molar-refractivity contribution in [2.24, 2.45) is 0 Å². The third-order valence-electron chi connectivity index (χ3n) is 1.96. The number of rotatable bonds is 6. The second-order valence-electron chi connectivity index (χ2n) is 3.12. The van der Waals surface area contributed by atoms with E-state index >= 15 is 0 Å². The van der Waals surface area contributed by atoms with E-state index in [0.717, 1.165) is 0 Å². The number of methoxy groups -OCH3 is 2. The summed E-state index contributed by atoms with van der Waals surface area (Å²) in [7, 11) is 3.02. The smallest absolute Gasteiger partial charge is 0.278 e. The molecule has 1 N–H and O–H groups in total. The van der Waals surface area contributed by atoms with Crippen LogP contribution < -0.4 is 10.2 Å². The molecule has 0 aliphatic rings. The Morgan fingerprint density at radius 3 is 2.76 bits per heavy atom. The van der Waals surface area contributed by atoms with Crippen LogP contribution >= 0.6 is 11.6 Å². The van der Waals surface area contributed by atoms with Gasteiger partial charge < -0.3 is 9.47 Å². The highest BCUT2D eigenvalue weighted by molar-refractivity contribution is 6.30. The quantitative estimate of drug-likeness (QED) is 0.624. The minimum atomic E-state index is -0.394. The van der Waals surface area contributed by atoms with Crippen molar-refractivity contribution in [2.75, 3.05) is 27.4 Å². The van der Waals surface area contributed by atoms with Crippen LogP contribution in [0.1, 0.15) is 10.4 Å². The van der Waals surface area contributed by atoms with E-state index < -0.39 is 5.91 Å². The fourth-order valence-corrected chi connectivity index (χ4v) is 1.31. The van der Waals surface area contributed by atoms with Crippen LogP contribution in [0.15, 0.2) is 18.2 Å². The molecule has 0 aliphatic heterocycles. The Kier molecular flexibility index (Phi) is 5.76. The summed E-state index contributed by atoms with van der Waals surface area (Å²) in [6.07, 6.45) is 0. The molecule has 6 heteroatoms. The van der Waals surface area contributed by atoms with Crippen LogP contribution in [0.2, 0.25) is 5.02 Å². The number of hydroxylamine groups is 1. The Morgan fingerprint density at radius 1 is 1.35 bits per heavy atom. The van der Waals surface area contributed by atoms with Gasteiger partial charge in [-0.05, 0) is 18.2 Å². The van der Waals surface area contributed by atoms with E-state index in [0.29, 0.717) is 22.9 Å². The SMILES string of the molecule is COCCONC(=O)c1ccc(Cl)cc1OC. The van der Waals surface area contributed by atoms with Gasteiger partial charge in [0.25, 0.3) is 5.91 Å². The lowest BCUT2D eigenvalue weighted by Gasteiger charge is -2.09. The molecule has 0 aromatic heterocycles. The van der Waals surface area contributed by atoms with Crippen molar-refractivity contribution in [3.8, 4) is 5.75 Å². The van der Waals surface area contributed by atoms with Crippen LogP contribution in [-0.2, 0) is 9.57 Å². The molecular formula is C11H14ClNO4. The zero-order valence-electron chi connectivity index (χ0n) is 9.66. The molecule has 17 heavy (non-hydrogen) atoms. The van der Waals surface area contributed by atoms with Crippen molar-refractivity contribution in [1.29, 1.82) is 0 Å². The van der Waals surface area contributed by atoms with Crippen molar-refractivity contribution in [2.45, 2.75) is 0 Å². The Labute approximate surface area is 105 Å². The second-order valence-corrected chi connectivity index (χ2v) is 3.55. The summed E-state index contributed by atoms with van der Waals surface area (Å²) in [6, 6.07) is 4.73. The summed E-state index contributed by atoms with van der Waals surface area (Å²) in [4.78, 5) is 16.6. The molecule has 0 aliphatic carbocycles. The van der Waals surface area contributed by atoms with E-state index in [2.05, 4.69) is 5.48 Å². The van der Waals surface area contributed by atoms with Crippen molar-refractivity contribution < 1.29 is 19.1 Å². The van der Waals surface area contributed by atoms with Crippen LogP contribution in [0.5, 0.6) is 5.75 Å². The first kappa shape index (κ1) is 13.8. The molecule has 5 nitrogen and oxygen atoms in total. The van der Waals surface area contributed by atoms with Crippen LogP contribution in [-0.4, -0.2) is 33.3 Å². The largest absolute Gasteiger partial charge is 0.496 e. The van der Waals surface area contributed by atoms with Gasteiger partial charge in [-0.1, -0.05) is 11.6 Å². The van der Waals surface area contributed by atoms with E-state index in [4.69, 9.17) is 25.9 Å². The van der Waals surface area contributed by atoms with Crippen molar-refractivity contribution >= 4 is 17.5 Å². The van der Waals surface area contributed by atoms with Gasteiger partial charge in [0, 0.05) is 12.1 Å². The number of hydrogen-bond acceptors (Lipinski definition) is 4. The fourth-order valence-electron chi connectivity index (χ4n) is 1.15. The lowest BCUT2D eigenvalue weighted by Crippen LogP contribution is -2.25. The van der Waals surface area contributed by atoms with Gasteiger partial charge >= 0.3 is 0 Å². The van der Waals surface area contributed by atoms with E-state index in [-0.39, 0.29) is 6.61 Å². The van der Waals surface area contributed by atoms with Gasteiger partial charge in [-0.2, -0.15) is 0 Å². The summed E-state index contributed by atoms with van der Waals surface area (Å²) in [5.41, 5.74) is 2.64. The van der Waals surface area contributed by atoms with Crippen LogP contribution in [0.4, 0.5) is 0 Å². The van der Waals surface area contributed by atoms with Gasteiger partial charge in [0.05, 0.1) is 25.9 Å². The lowest BCUT2D eigenvalue weighted by atomic mass is 10.2. The van der Waals surface area contributed by atoms with Crippen LogP contribution in [0, 0.1) is 0 Å². The van der Waals surface area contributed by atoms with Crippen molar-refractivity contribution in [1.82, 2.24) is 5.48 Å². The normalized spacial score (nSPS) is 10.1. The third kappa shape index (κ3) is 4.22. The highest BCUT2D eigenvalue weighted by Crippen LogP contribution is 2.22. The summed E-state index contributed by atoms with van der Waals surface area (Å²) in [5, 5.41) is 0.499. The molecular weight excluding hydrogens is 246 g/mol. The second kappa shape index (κ2) is 7.11. The maximum atomic E-state index is 11.7. The Hall–Kier alpha value is -1.30. The Balaban J connectivity index is 2.62. The molecule has 0 saturated carbocycles. The topological polar surface area (TPSA) is 56.8 Å². The molecule has 0 fully saturated rings. The van der Waals surface area contributed by atoms with Crippen LogP contribution in [0.3, 0.4) is 0 Å². The molecule has 1 amide bonds. The molecule has 0 bridgehead atoms. The average Bonchev–Trinajstić information content (AvgIpc) is 2.34. The minimum Gasteiger partial charge on any atom is -0.496 e. The fraction of sp³-hybridized carbons (Fsp3) is 0.364. The van der Waals surface area contributed by atoms with Gasteiger partial charge in [0.2, 0.25) is 0 Å². The molecule has 1 rings (SSSR count). The lowest BCUT2D eigenvalue weighted by molar-refractivity contribution is 0.00874. The molecule has 0 unspecified atom stereocenters. The van der Waals surface area contributed by atoms with Crippen LogP contribution in [0.25, 0.3) is 0 Å². The van der Waals surface area contributed by atoms with Gasteiger partial charge in [-0.15, -0.1) is 0 Å². The number of amides is 1. The van der Waals surface area contributed by atoms with Crippen molar-refractivity contribution in [3.05, 3.63) is 28.8 Å². The summed E-state index contributed by atoms with van der Waals surface area (Å²) in [5.74, 6) is -0.0000359. The first-order valence-electron chi connectivity index (χ1n) is 4.93. The third-order valence-corrected chi connectivity index (χ3v) is 2.20. The number of nitrogens with one attached hydrogen (secondary N) is 1. The van der Waals surface area contributed by atoms with E-state index in [9.17, 15) is 4.79 Å². The first-order valence-corrected chi connectivity index (χ1v) is 5.31. The highest BCUT2D eigenvalue weighted by atomic mass is 35.5. The molecule has 0 saturated heterocycles. The first-order chi connectivity index (χ1) is 8.19. The molecule has 1 aromatic carbocycles. The van der Waals surface area contributed by atoms with Gasteiger partial charge in [-0.3, -0.25) is 9.63 Å². The van der Waals surface area contributed by atoms with Gasteiger partial charge in [-0.25, -0.2) is 5.48 Å². The number of halogens is 1. The van der Waals surface area contributed by atoms with Gasteiger partial charge in [0.1, 0.15) is 5.75 Å². The van der Waals surface area contributed by atoms with E-state index in [1.807, 2.05) is 0 Å². The van der Waals surface area contributed by atoms with Crippen molar-refractivity contribution in [3.63, 3.8) is 0 Å². The average molecular weight is 260 g/mol. The summed E-state index contributed by atoms with van der Waals surface area (Å²) >= 11 is 5.79. The van der Waals surface area contributed by atoms with Gasteiger partial charge in [0.15, 0.2) is 0 Å².